The van der Waals surface area contributed by atoms with Crippen LogP contribution in [-0.4, -0.2) is 20.7 Å². The number of halogens is 1. The fourth-order valence-corrected chi connectivity index (χ4v) is 3.40. The summed E-state index contributed by atoms with van der Waals surface area (Å²) >= 11 is 1.57. The number of nitrogens with zero attached hydrogens (tertiary/aromatic N) is 3. The van der Waals surface area contributed by atoms with Crippen molar-refractivity contribution in [3.05, 3.63) is 71.2 Å². The lowest BCUT2D eigenvalue weighted by Gasteiger charge is -2.04. The van der Waals surface area contributed by atoms with Gasteiger partial charge in [0.25, 0.3) is 5.91 Å². The van der Waals surface area contributed by atoms with Crippen LogP contribution < -0.4 is 5.32 Å². The molecule has 2 aromatic heterocycles. The maximum absolute atomic E-state index is 13.8. The van der Waals surface area contributed by atoms with Gasteiger partial charge in [-0.3, -0.25) is 4.79 Å². The zero-order valence-electron chi connectivity index (χ0n) is 13.2. The Labute approximate surface area is 146 Å². The number of rotatable bonds is 3. The van der Waals surface area contributed by atoms with Gasteiger partial charge in [0.1, 0.15) is 11.5 Å². The number of carbonyl (C=O) groups excluding carboxylic acids is 1. The number of carbonyl (C=O) groups is 1. The van der Waals surface area contributed by atoms with Crippen molar-refractivity contribution in [2.75, 3.05) is 5.32 Å². The van der Waals surface area contributed by atoms with Crippen molar-refractivity contribution in [1.82, 2.24) is 14.8 Å². The van der Waals surface area contributed by atoms with Gasteiger partial charge in [-0.15, -0.1) is 11.3 Å². The molecule has 0 aliphatic heterocycles. The monoisotopic (exact) mass is 352 g/mol. The average Bonchev–Trinajstić information content (AvgIpc) is 3.20. The first-order chi connectivity index (χ1) is 12.1. The third-order valence-electron chi connectivity index (χ3n) is 3.67. The van der Waals surface area contributed by atoms with Gasteiger partial charge in [-0.25, -0.2) is 14.1 Å². The van der Waals surface area contributed by atoms with E-state index in [1.807, 2.05) is 19.1 Å². The number of nitrogens with one attached hydrogen (secondary N) is 1. The molecule has 0 saturated heterocycles. The Morgan fingerprint density at radius 1 is 1.20 bits per heavy atom. The highest BCUT2D eigenvalue weighted by atomic mass is 32.1. The van der Waals surface area contributed by atoms with Crippen LogP contribution in [0.2, 0.25) is 0 Å². The second-order valence-corrected chi connectivity index (χ2v) is 6.70. The van der Waals surface area contributed by atoms with Crippen molar-refractivity contribution in [2.24, 2.45) is 0 Å². The first-order valence-electron chi connectivity index (χ1n) is 7.59. The molecule has 0 unspecified atom stereocenters. The standard InChI is InChI=1S/C18H13FN4OS/c1-11-20-14-7-6-12(10-17(14)25-11)21-18(24)15-8-9-23(22-15)16-5-3-2-4-13(16)19/h2-10H,1H3,(H,21,24). The molecule has 124 valence electrons. The number of benzene rings is 2. The molecule has 0 bridgehead atoms. The summed E-state index contributed by atoms with van der Waals surface area (Å²) < 4.78 is 16.2. The van der Waals surface area contributed by atoms with E-state index in [2.05, 4.69) is 15.4 Å². The third-order valence-corrected chi connectivity index (χ3v) is 4.61. The highest BCUT2D eigenvalue weighted by molar-refractivity contribution is 7.18. The first-order valence-corrected chi connectivity index (χ1v) is 8.41. The molecule has 0 aliphatic rings. The molecule has 0 radical (unpaired) electrons. The second-order valence-electron chi connectivity index (χ2n) is 5.47. The van der Waals surface area contributed by atoms with Crippen molar-refractivity contribution in [3.63, 3.8) is 0 Å². The molecule has 5 nitrogen and oxygen atoms in total. The summed E-state index contributed by atoms with van der Waals surface area (Å²) in [4.78, 5) is 16.8. The molecule has 0 saturated carbocycles. The Morgan fingerprint density at radius 3 is 2.88 bits per heavy atom. The molecule has 2 aromatic carbocycles. The number of anilines is 1. The molecular weight excluding hydrogens is 339 g/mol. The molecule has 1 N–H and O–H groups in total. The third kappa shape index (κ3) is 3.01. The van der Waals surface area contributed by atoms with Gasteiger partial charge in [-0.1, -0.05) is 12.1 Å². The molecule has 25 heavy (non-hydrogen) atoms. The summed E-state index contributed by atoms with van der Waals surface area (Å²) in [5.41, 5.74) is 2.08. The molecule has 0 atom stereocenters. The maximum atomic E-state index is 13.8. The molecule has 1 amide bonds. The maximum Gasteiger partial charge on any atom is 0.276 e. The number of aromatic nitrogens is 3. The minimum absolute atomic E-state index is 0.212. The lowest BCUT2D eigenvalue weighted by atomic mass is 10.3. The zero-order valence-corrected chi connectivity index (χ0v) is 14.0. The summed E-state index contributed by atoms with van der Waals surface area (Å²) in [5, 5.41) is 7.94. The number of amides is 1. The Kier molecular flexibility index (Phi) is 3.77. The predicted molar refractivity (Wildman–Crippen MR) is 95.8 cm³/mol. The normalized spacial score (nSPS) is 11.0. The summed E-state index contributed by atoms with van der Waals surface area (Å²) in [7, 11) is 0. The van der Waals surface area contributed by atoms with Crippen LogP contribution in [0.4, 0.5) is 10.1 Å². The van der Waals surface area contributed by atoms with E-state index in [1.165, 1.54) is 10.7 Å². The summed E-state index contributed by atoms with van der Waals surface area (Å²) in [6.45, 7) is 1.94. The van der Waals surface area contributed by atoms with E-state index in [0.717, 1.165) is 15.2 Å². The van der Waals surface area contributed by atoms with Crippen molar-refractivity contribution in [1.29, 1.82) is 0 Å². The van der Waals surface area contributed by atoms with Gasteiger partial charge in [0, 0.05) is 11.9 Å². The molecule has 4 aromatic rings. The quantitative estimate of drug-likeness (QED) is 0.602. The van der Waals surface area contributed by atoms with Gasteiger partial charge in [0.2, 0.25) is 0 Å². The molecule has 7 heteroatoms. The Bertz CT molecular complexity index is 1090. The van der Waals surface area contributed by atoms with Crippen LogP contribution in [0.5, 0.6) is 0 Å². The van der Waals surface area contributed by atoms with E-state index in [1.54, 1.807) is 47.9 Å². The Balaban J connectivity index is 1.57. The first kappa shape index (κ1) is 15.5. The number of thiazole rings is 1. The van der Waals surface area contributed by atoms with Crippen LogP contribution in [0.1, 0.15) is 15.5 Å². The fourth-order valence-electron chi connectivity index (χ4n) is 2.53. The average molecular weight is 352 g/mol. The number of aryl methyl sites for hydroxylation is 1. The number of para-hydroxylation sites is 1. The van der Waals surface area contributed by atoms with E-state index >= 15 is 0 Å². The number of hydrogen-bond donors (Lipinski definition) is 1. The molecule has 0 aliphatic carbocycles. The minimum atomic E-state index is -0.399. The Morgan fingerprint density at radius 2 is 2.04 bits per heavy atom. The zero-order chi connectivity index (χ0) is 17.4. The van der Waals surface area contributed by atoms with Crippen LogP contribution in [0.25, 0.3) is 15.9 Å². The topological polar surface area (TPSA) is 59.8 Å². The van der Waals surface area contributed by atoms with Crippen molar-refractivity contribution in [3.8, 4) is 5.69 Å². The van der Waals surface area contributed by atoms with Crippen LogP contribution in [-0.2, 0) is 0 Å². The van der Waals surface area contributed by atoms with Crippen molar-refractivity contribution < 1.29 is 9.18 Å². The minimum Gasteiger partial charge on any atom is -0.321 e. The van der Waals surface area contributed by atoms with Gasteiger partial charge < -0.3 is 5.32 Å². The van der Waals surface area contributed by atoms with E-state index in [0.29, 0.717) is 11.4 Å². The summed E-state index contributed by atoms with van der Waals surface area (Å²) in [6, 6.07) is 13.4. The summed E-state index contributed by atoms with van der Waals surface area (Å²) in [6.07, 6.45) is 1.56. The van der Waals surface area contributed by atoms with Gasteiger partial charge in [0.15, 0.2) is 5.69 Å². The summed E-state index contributed by atoms with van der Waals surface area (Å²) in [5.74, 6) is -0.751. The SMILES string of the molecule is Cc1nc2ccc(NC(=O)c3ccn(-c4ccccc4F)n3)cc2s1. The molecule has 0 spiro atoms. The van der Waals surface area contributed by atoms with Crippen molar-refractivity contribution >= 4 is 33.1 Å². The van der Waals surface area contributed by atoms with E-state index < -0.39 is 5.82 Å². The van der Waals surface area contributed by atoms with E-state index in [4.69, 9.17) is 0 Å². The van der Waals surface area contributed by atoms with Gasteiger partial charge in [0.05, 0.1) is 15.2 Å². The van der Waals surface area contributed by atoms with Gasteiger partial charge >= 0.3 is 0 Å². The molecular formula is C18H13FN4OS. The molecule has 0 fully saturated rings. The molecule has 4 rings (SSSR count). The Hall–Kier alpha value is -3.06. The van der Waals surface area contributed by atoms with Gasteiger partial charge in [-0.05, 0) is 43.3 Å². The van der Waals surface area contributed by atoms with E-state index in [-0.39, 0.29) is 11.6 Å². The van der Waals surface area contributed by atoms with E-state index in [9.17, 15) is 9.18 Å². The number of hydrogen-bond acceptors (Lipinski definition) is 4. The van der Waals surface area contributed by atoms with Crippen LogP contribution in [0.15, 0.2) is 54.7 Å². The second kappa shape index (κ2) is 6.10. The van der Waals surface area contributed by atoms with Crippen molar-refractivity contribution in [2.45, 2.75) is 6.92 Å². The number of fused-ring (bicyclic) bond motifs is 1. The molecule has 2 heterocycles. The lowest BCUT2D eigenvalue weighted by Crippen LogP contribution is -2.13. The van der Waals surface area contributed by atoms with Crippen LogP contribution in [0.3, 0.4) is 0 Å². The van der Waals surface area contributed by atoms with Gasteiger partial charge in [-0.2, -0.15) is 5.10 Å². The fraction of sp³-hybridized carbons (Fsp3) is 0.0556. The largest absolute Gasteiger partial charge is 0.321 e. The highest BCUT2D eigenvalue weighted by Crippen LogP contribution is 2.25. The predicted octanol–water partition coefficient (Wildman–Crippen LogP) is 4.18. The highest BCUT2D eigenvalue weighted by Gasteiger charge is 2.13. The van der Waals surface area contributed by atoms with Crippen LogP contribution in [0, 0.1) is 12.7 Å². The lowest BCUT2D eigenvalue weighted by molar-refractivity contribution is 0.102. The smallest absolute Gasteiger partial charge is 0.276 e. The van der Waals surface area contributed by atoms with Crippen LogP contribution >= 0.6 is 11.3 Å².